The molecule has 4 N–H and O–H groups in total. The van der Waals surface area contributed by atoms with Crippen LogP contribution in [0.3, 0.4) is 0 Å². The van der Waals surface area contributed by atoms with E-state index in [1.54, 1.807) is 0 Å². The highest BCUT2D eigenvalue weighted by atomic mass is 32.1. The molecule has 0 aliphatic carbocycles. The summed E-state index contributed by atoms with van der Waals surface area (Å²) in [5, 5.41) is 9.02. The molecule has 2 aliphatic heterocycles. The van der Waals surface area contributed by atoms with Gasteiger partial charge in [-0.25, -0.2) is 4.98 Å². The van der Waals surface area contributed by atoms with E-state index in [0.717, 1.165) is 38.2 Å². The van der Waals surface area contributed by atoms with Crippen LogP contribution in [0.15, 0.2) is 5.38 Å². The summed E-state index contributed by atoms with van der Waals surface area (Å²) in [6.07, 6.45) is 4.09. The summed E-state index contributed by atoms with van der Waals surface area (Å²) >= 11 is 1.44. The van der Waals surface area contributed by atoms with Gasteiger partial charge in [0.25, 0.3) is 0 Å². The number of hydrogen-bond donors (Lipinski definition) is 3. The number of piperidine rings is 1. The van der Waals surface area contributed by atoms with Gasteiger partial charge in [-0.05, 0) is 44.8 Å². The molecule has 122 valence electrons. The third-order valence-electron chi connectivity index (χ3n) is 4.96. The average molecular weight is 323 g/mol. The fourth-order valence-corrected chi connectivity index (χ4v) is 4.35. The van der Waals surface area contributed by atoms with E-state index < -0.39 is 0 Å². The van der Waals surface area contributed by atoms with Gasteiger partial charge in [0.05, 0.1) is 11.7 Å². The summed E-state index contributed by atoms with van der Waals surface area (Å²) in [4.78, 5) is 18.9. The van der Waals surface area contributed by atoms with Gasteiger partial charge in [-0.3, -0.25) is 9.69 Å². The molecule has 22 heavy (non-hydrogen) atoms. The Hall–Kier alpha value is -1.18. The number of likely N-dealkylation sites (tertiary alicyclic amines) is 1. The third kappa shape index (κ3) is 3.42. The Morgan fingerprint density at radius 3 is 3.05 bits per heavy atom. The fraction of sp³-hybridized carbons (Fsp3) is 0.733. The Balaban J connectivity index is 1.49. The Kier molecular flexibility index (Phi) is 4.65. The van der Waals surface area contributed by atoms with Gasteiger partial charge in [0.15, 0.2) is 5.13 Å². The van der Waals surface area contributed by atoms with Gasteiger partial charge in [-0.2, -0.15) is 0 Å². The molecule has 1 spiro atoms. The maximum atomic E-state index is 12.5. The van der Waals surface area contributed by atoms with E-state index in [1.165, 1.54) is 24.2 Å². The zero-order valence-electron chi connectivity index (χ0n) is 13.1. The minimum absolute atomic E-state index is 0.0126. The van der Waals surface area contributed by atoms with E-state index in [2.05, 4.69) is 27.6 Å². The number of nitrogens with two attached hydrogens (primary N) is 1. The van der Waals surface area contributed by atoms with E-state index in [0.29, 0.717) is 17.1 Å². The van der Waals surface area contributed by atoms with Crippen LogP contribution in [0.25, 0.3) is 0 Å². The van der Waals surface area contributed by atoms with Gasteiger partial charge < -0.3 is 16.4 Å². The SMILES string of the molecule is CN1CC2(CCNCC2)C[C@H]1C(=O)NCCc1csc(N)n1. The van der Waals surface area contributed by atoms with E-state index in [4.69, 9.17) is 5.73 Å². The first-order valence-electron chi connectivity index (χ1n) is 7.97. The van der Waals surface area contributed by atoms with E-state index in [9.17, 15) is 4.79 Å². The van der Waals surface area contributed by atoms with Crippen molar-refractivity contribution in [2.45, 2.75) is 31.7 Å². The van der Waals surface area contributed by atoms with Gasteiger partial charge in [0, 0.05) is 24.9 Å². The van der Waals surface area contributed by atoms with Gasteiger partial charge in [0.1, 0.15) is 0 Å². The second kappa shape index (κ2) is 6.52. The maximum Gasteiger partial charge on any atom is 0.237 e. The third-order valence-corrected chi connectivity index (χ3v) is 5.68. The summed E-state index contributed by atoms with van der Waals surface area (Å²) in [5.74, 6) is 0.154. The number of carbonyl (C=O) groups is 1. The van der Waals surface area contributed by atoms with E-state index in [1.807, 2.05) is 5.38 Å². The molecule has 3 heterocycles. The lowest BCUT2D eigenvalue weighted by molar-refractivity contribution is -0.125. The summed E-state index contributed by atoms with van der Waals surface area (Å²) in [7, 11) is 2.07. The summed E-state index contributed by atoms with van der Waals surface area (Å²) in [6, 6.07) is 0.0126. The molecule has 7 heteroatoms. The Labute approximate surface area is 135 Å². The standard InChI is InChI=1S/C15H25N5OS/c1-20-10-15(3-6-17-7-4-15)8-12(20)13(21)18-5-2-11-9-22-14(16)19-11/h9,12,17H,2-8,10H2,1H3,(H2,16,19)(H,18,21)/t12-/m0/s1. The number of amides is 1. The molecule has 2 fully saturated rings. The van der Waals surface area contributed by atoms with Crippen molar-refractivity contribution in [2.75, 3.05) is 39.0 Å². The van der Waals surface area contributed by atoms with Crippen LogP contribution in [0.1, 0.15) is 25.0 Å². The Morgan fingerprint density at radius 1 is 1.59 bits per heavy atom. The first-order valence-corrected chi connectivity index (χ1v) is 8.85. The Bertz CT molecular complexity index is 526. The van der Waals surface area contributed by atoms with Crippen LogP contribution in [0.2, 0.25) is 0 Å². The van der Waals surface area contributed by atoms with Crippen LogP contribution in [0, 0.1) is 5.41 Å². The van der Waals surface area contributed by atoms with Crippen LogP contribution < -0.4 is 16.4 Å². The molecule has 0 bridgehead atoms. The van der Waals surface area contributed by atoms with Crippen molar-refractivity contribution in [3.63, 3.8) is 0 Å². The van der Waals surface area contributed by atoms with Crippen molar-refractivity contribution < 1.29 is 4.79 Å². The molecule has 0 unspecified atom stereocenters. The van der Waals surface area contributed by atoms with Crippen LogP contribution in [-0.2, 0) is 11.2 Å². The highest BCUT2D eigenvalue weighted by Crippen LogP contribution is 2.41. The van der Waals surface area contributed by atoms with Crippen molar-refractivity contribution >= 4 is 22.4 Å². The van der Waals surface area contributed by atoms with Gasteiger partial charge in [-0.1, -0.05) is 0 Å². The second-order valence-corrected chi connectivity index (χ2v) is 7.49. The number of carbonyl (C=O) groups excluding carboxylic acids is 1. The highest BCUT2D eigenvalue weighted by Gasteiger charge is 2.45. The molecule has 1 aromatic heterocycles. The monoisotopic (exact) mass is 323 g/mol. The molecular formula is C15H25N5OS. The lowest BCUT2D eigenvalue weighted by atomic mass is 9.77. The number of nitrogen functional groups attached to an aromatic ring is 1. The zero-order valence-corrected chi connectivity index (χ0v) is 13.9. The van der Waals surface area contributed by atoms with Crippen LogP contribution in [0.5, 0.6) is 0 Å². The van der Waals surface area contributed by atoms with Crippen molar-refractivity contribution in [1.82, 2.24) is 20.5 Å². The smallest absolute Gasteiger partial charge is 0.237 e. The molecule has 2 saturated heterocycles. The van der Waals surface area contributed by atoms with Crippen molar-refractivity contribution in [3.8, 4) is 0 Å². The molecule has 6 nitrogen and oxygen atoms in total. The molecule has 1 amide bonds. The quantitative estimate of drug-likeness (QED) is 0.750. The molecule has 0 saturated carbocycles. The number of anilines is 1. The molecule has 0 radical (unpaired) electrons. The summed E-state index contributed by atoms with van der Waals surface area (Å²) < 4.78 is 0. The molecule has 3 rings (SSSR count). The minimum atomic E-state index is 0.0126. The molecule has 2 aliphatic rings. The number of nitrogens with zero attached hydrogens (tertiary/aromatic N) is 2. The van der Waals surface area contributed by atoms with Crippen LogP contribution >= 0.6 is 11.3 Å². The number of nitrogens with one attached hydrogen (secondary N) is 2. The number of thiazole rings is 1. The lowest BCUT2D eigenvalue weighted by Gasteiger charge is -2.33. The van der Waals surface area contributed by atoms with Gasteiger partial charge in [0.2, 0.25) is 5.91 Å². The van der Waals surface area contributed by atoms with Gasteiger partial charge in [-0.15, -0.1) is 11.3 Å². The Morgan fingerprint density at radius 2 is 2.36 bits per heavy atom. The predicted molar refractivity (Wildman–Crippen MR) is 88.8 cm³/mol. The molecule has 1 aromatic rings. The fourth-order valence-electron chi connectivity index (χ4n) is 3.75. The zero-order chi connectivity index (χ0) is 15.6. The second-order valence-electron chi connectivity index (χ2n) is 6.60. The van der Waals surface area contributed by atoms with E-state index in [-0.39, 0.29) is 11.9 Å². The number of rotatable bonds is 4. The predicted octanol–water partition coefficient (Wildman–Crippen LogP) is 0.458. The topological polar surface area (TPSA) is 83.3 Å². The number of hydrogen-bond acceptors (Lipinski definition) is 6. The molecule has 0 aromatic carbocycles. The normalized spacial score (nSPS) is 24.7. The summed E-state index contributed by atoms with van der Waals surface area (Å²) in [6.45, 7) is 3.82. The largest absolute Gasteiger partial charge is 0.375 e. The minimum Gasteiger partial charge on any atom is -0.375 e. The van der Waals surface area contributed by atoms with Crippen molar-refractivity contribution in [2.24, 2.45) is 5.41 Å². The van der Waals surface area contributed by atoms with Gasteiger partial charge >= 0.3 is 0 Å². The molecule has 1 atom stereocenters. The van der Waals surface area contributed by atoms with E-state index >= 15 is 0 Å². The highest BCUT2D eigenvalue weighted by molar-refractivity contribution is 7.13. The van der Waals surface area contributed by atoms with Crippen molar-refractivity contribution in [1.29, 1.82) is 0 Å². The van der Waals surface area contributed by atoms with Crippen LogP contribution in [0.4, 0.5) is 5.13 Å². The number of aromatic nitrogens is 1. The van der Waals surface area contributed by atoms with Crippen LogP contribution in [-0.4, -0.2) is 55.1 Å². The molecular weight excluding hydrogens is 298 g/mol. The summed E-state index contributed by atoms with van der Waals surface area (Å²) in [5.41, 5.74) is 6.91. The first kappa shape index (κ1) is 15.7. The number of likely N-dealkylation sites (N-methyl/N-ethyl adjacent to an activating group) is 1. The average Bonchev–Trinajstić information content (AvgIpc) is 3.04. The lowest BCUT2D eigenvalue weighted by Crippen LogP contribution is -2.42. The van der Waals surface area contributed by atoms with Crippen molar-refractivity contribution in [3.05, 3.63) is 11.1 Å². The maximum absolute atomic E-state index is 12.5. The first-order chi connectivity index (χ1) is 10.6.